The Balaban J connectivity index is -0.0000000121. The van der Waals surface area contributed by atoms with Crippen molar-refractivity contribution in [2.75, 3.05) is 0 Å². The molecular formula is H4F12P4Ru. The van der Waals surface area contributed by atoms with Gasteiger partial charge >= 0.3 is 54.9 Å². The van der Waals surface area contributed by atoms with Crippen molar-refractivity contribution in [3.05, 3.63) is 0 Å². The van der Waals surface area contributed by atoms with Gasteiger partial charge in [-0.05, 0) is 0 Å². The molecule has 0 nitrogen and oxygen atoms in total. The van der Waals surface area contributed by atoms with Crippen LogP contribution < -0.4 is 0 Å². The predicted molar refractivity (Wildman–Crippen MR) is 45.4 cm³/mol. The van der Waals surface area contributed by atoms with E-state index in [1.807, 2.05) is 0 Å². The van der Waals surface area contributed by atoms with Crippen LogP contribution in [-0.2, 0) is 19.5 Å². The molecule has 0 aromatic carbocycles. The molecule has 0 radical (unpaired) electrons. The molecular weight excluding hydrogens is 453 g/mol. The molecule has 0 unspecified atom stereocenters. The van der Waals surface area contributed by atoms with Crippen molar-refractivity contribution in [3.8, 4) is 0 Å². The van der Waals surface area contributed by atoms with Crippen LogP contribution in [0.1, 0.15) is 5.71 Å². The van der Waals surface area contributed by atoms with Crippen molar-refractivity contribution in [2.45, 2.75) is 0 Å². The molecule has 0 amide bonds. The first-order chi connectivity index (χ1) is 6.93. The molecule has 0 heterocycles. The van der Waals surface area contributed by atoms with Gasteiger partial charge in [-0.25, -0.2) is 0 Å². The zero-order valence-corrected chi connectivity index (χ0v) is 12.0. The molecule has 0 aliphatic carbocycles. The van der Waals surface area contributed by atoms with Crippen LogP contribution in [0.2, 0.25) is 0 Å². The Morgan fingerprint density at radius 3 is 0.353 bits per heavy atom. The number of halogens is 12. The molecule has 0 aliphatic rings. The Bertz CT molecular complexity index is 76.2. The fraction of sp³-hybridized carbons (Fsp3) is 0. The van der Waals surface area contributed by atoms with Crippen LogP contribution >= 0.6 is 35.4 Å². The molecule has 0 N–H and O–H groups in total. The summed E-state index contributed by atoms with van der Waals surface area (Å²) in [5.41, 5.74) is 0. The summed E-state index contributed by atoms with van der Waals surface area (Å²) in [5.74, 6) is 0. The van der Waals surface area contributed by atoms with E-state index in [0.717, 1.165) is 0 Å². The van der Waals surface area contributed by atoms with E-state index < -0.39 is 35.4 Å². The minimum Gasteiger partial charge on any atom is -1.00 e. The largest absolute Gasteiger partial charge is 4.00 e. The van der Waals surface area contributed by atoms with Crippen LogP contribution in [0.25, 0.3) is 0 Å². The van der Waals surface area contributed by atoms with Gasteiger partial charge in [-0.3, -0.25) is 0 Å². The quantitative estimate of drug-likeness (QED) is 0.194. The predicted octanol–water partition coefficient (Wildman–Crippen LogP) is 8.93. The second-order valence-corrected chi connectivity index (χ2v) is 2.30. The van der Waals surface area contributed by atoms with E-state index in [-0.39, 0.29) is 25.2 Å². The maximum Gasteiger partial charge on any atom is 4.00 e. The molecule has 0 saturated carbocycles. The van der Waals surface area contributed by atoms with Crippen LogP contribution in [0.4, 0.5) is 50.4 Å². The van der Waals surface area contributed by atoms with Gasteiger partial charge in [0.15, 0.2) is 0 Å². The van der Waals surface area contributed by atoms with Crippen molar-refractivity contribution in [1.82, 2.24) is 0 Å². The molecule has 17 heavy (non-hydrogen) atoms. The summed E-state index contributed by atoms with van der Waals surface area (Å²) in [7, 11) is -16.5. The Kier molecular flexibility index (Phi) is 47.8. The van der Waals surface area contributed by atoms with E-state index in [4.69, 9.17) is 0 Å². The molecule has 0 atom stereocenters. The first-order valence-corrected chi connectivity index (χ1v) is 6.09. The SMILES string of the molecule is FP(F)F.FP(F)F.FP(F)F.FP(F)F.[H-].[H-].[H-].[H-].[Ru+4]. The average Bonchev–Trinajstić information content (AvgIpc) is 1.76. The first kappa shape index (κ1) is 31.1. The van der Waals surface area contributed by atoms with Gasteiger partial charge in [-0.15, -0.1) is 0 Å². The number of hydrogen-bond donors (Lipinski definition) is 0. The first-order valence-electron chi connectivity index (χ1n) is 2.03. The Hall–Kier alpha value is 1.50. The van der Waals surface area contributed by atoms with E-state index in [9.17, 15) is 50.4 Å². The molecule has 0 fully saturated rings. The Morgan fingerprint density at radius 1 is 0.353 bits per heavy atom. The summed E-state index contributed by atoms with van der Waals surface area (Å²) in [6, 6.07) is 0. The molecule has 0 aliphatic heterocycles. The van der Waals surface area contributed by atoms with Gasteiger partial charge < -0.3 is 5.71 Å². The van der Waals surface area contributed by atoms with Crippen LogP contribution in [0.5, 0.6) is 0 Å². The fourth-order valence-corrected chi connectivity index (χ4v) is 0. The summed E-state index contributed by atoms with van der Waals surface area (Å²) in [5, 5.41) is 0. The monoisotopic (exact) mass is 458 g/mol. The van der Waals surface area contributed by atoms with E-state index in [1.54, 1.807) is 0 Å². The van der Waals surface area contributed by atoms with Gasteiger partial charge in [0, 0.05) is 0 Å². The van der Waals surface area contributed by atoms with E-state index in [1.165, 1.54) is 0 Å². The molecule has 0 aromatic rings. The van der Waals surface area contributed by atoms with Crippen LogP contribution in [0, 0.1) is 0 Å². The third-order valence-electron chi connectivity index (χ3n) is 0. The van der Waals surface area contributed by atoms with Crippen molar-refractivity contribution in [3.63, 3.8) is 0 Å². The summed E-state index contributed by atoms with van der Waals surface area (Å²) >= 11 is 0. The number of hydrogen-bond acceptors (Lipinski definition) is 0. The van der Waals surface area contributed by atoms with Crippen molar-refractivity contribution in [1.29, 1.82) is 0 Å². The third-order valence-corrected chi connectivity index (χ3v) is 0. The van der Waals surface area contributed by atoms with Gasteiger partial charge in [0.2, 0.25) is 0 Å². The molecule has 0 aromatic heterocycles. The molecule has 116 valence electrons. The van der Waals surface area contributed by atoms with Crippen molar-refractivity contribution in [2.24, 2.45) is 0 Å². The van der Waals surface area contributed by atoms with E-state index in [2.05, 4.69) is 0 Å². The summed E-state index contributed by atoms with van der Waals surface area (Å²) in [6.07, 6.45) is 0. The summed E-state index contributed by atoms with van der Waals surface area (Å²) < 4.78 is 117. The van der Waals surface area contributed by atoms with Crippen LogP contribution in [-0.4, -0.2) is 0 Å². The van der Waals surface area contributed by atoms with Gasteiger partial charge in [0.05, 0.1) is 0 Å². The van der Waals surface area contributed by atoms with Gasteiger partial charge in [-0.1, -0.05) is 0 Å². The van der Waals surface area contributed by atoms with Gasteiger partial charge in [0.1, 0.15) is 0 Å². The number of rotatable bonds is 0. The zero-order valence-electron chi connectivity index (χ0n) is 10.7. The second-order valence-electron chi connectivity index (χ2n) is 0.767. The van der Waals surface area contributed by atoms with E-state index in [0.29, 0.717) is 0 Å². The molecule has 0 saturated heterocycles. The molecule has 0 bridgehead atoms. The van der Waals surface area contributed by atoms with Crippen LogP contribution in [0.3, 0.4) is 0 Å². The summed E-state index contributed by atoms with van der Waals surface area (Å²) in [4.78, 5) is 0. The minimum atomic E-state index is -4.12. The van der Waals surface area contributed by atoms with Crippen molar-refractivity contribution < 1.29 is 75.5 Å². The van der Waals surface area contributed by atoms with Gasteiger partial charge in [-0.2, -0.15) is 50.4 Å². The standard InChI is InChI=1S/4F3P.Ru.4H/c4*1-4(2)3;;;;;/q;;;;+4;4*-1. The topological polar surface area (TPSA) is 0 Å². The van der Waals surface area contributed by atoms with Crippen molar-refractivity contribution >= 4 is 35.4 Å². The second kappa shape index (κ2) is 26.1. The smallest absolute Gasteiger partial charge is 1.00 e. The zero-order chi connectivity index (χ0) is 14.3. The molecule has 0 spiro atoms. The van der Waals surface area contributed by atoms with Crippen LogP contribution in [0.15, 0.2) is 0 Å². The summed E-state index contributed by atoms with van der Waals surface area (Å²) in [6.45, 7) is 0. The minimum absolute atomic E-state index is 0. The molecule has 17 heteroatoms. The fourth-order valence-electron chi connectivity index (χ4n) is 0. The Labute approximate surface area is 112 Å². The average molecular weight is 457 g/mol. The maximum atomic E-state index is 9.73. The maximum absolute atomic E-state index is 9.73. The molecule has 0 rings (SSSR count). The Morgan fingerprint density at radius 2 is 0.353 bits per heavy atom. The third kappa shape index (κ3) is 1860. The van der Waals surface area contributed by atoms with Gasteiger partial charge in [0.25, 0.3) is 0 Å². The normalized spacial score (nSPS) is 8.47. The van der Waals surface area contributed by atoms with E-state index >= 15 is 0 Å².